The monoisotopic (exact) mass is 310 g/mol. The molecule has 0 saturated heterocycles. The minimum absolute atomic E-state index is 0.0243. The summed E-state index contributed by atoms with van der Waals surface area (Å²) in [7, 11) is 0. The van der Waals surface area contributed by atoms with Crippen LogP contribution in [-0.4, -0.2) is 12.6 Å². The molecule has 1 saturated carbocycles. The van der Waals surface area contributed by atoms with E-state index in [4.69, 9.17) is 4.74 Å². The highest BCUT2D eigenvalue weighted by atomic mass is 16.5. The van der Waals surface area contributed by atoms with Gasteiger partial charge < -0.3 is 4.74 Å². The van der Waals surface area contributed by atoms with Gasteiger partial charge in [0.05, 0.1) is 6.61 Å². The van der Waals surface area contributed by atoms with E-state index in [0.29, 0.717) is 13.0 Å². The van der Waals surface area contributed by atoms with Gasteiger partial charge in [-0.25, -0.2) is 0 Å². The first kappa shape index (κ1) is 19.5. The van der Waals surface area contributed by atoms with Gasteiger partial charge in [-0.1, -0.05) is 65.2 Å². The zero-order valence-corrected chi connectivity index (χ0v) is 15.2. The number of carbonyl (C=O) groups excluding carboxylic acids is 1. The van der Waals surface area contributed by atoms with Crippen LogP contribution >= 0.6 is 0 Å². The van der Waals surface area contributed by atoms with Crippen molar-refractivity contribution >= 4 is 5.97 Å². The molecular formula is C20H38O2. The number of hydrogen-bond donors (Lipinski definition) is 0. The van der Waals surface area contributed by atoms with Crippen LogP contribution < -0.4 is 0 Å². The average Bonchev–Trinajstić information content (AvgIpc) is 2.52. The van der Waals surface area contributed by atoms with E-state index in [1.807, 2.05) is 6.92 Å². The van der Waals surface area contributed by atoms with Crippen molar-refractivity contribution in [3.8, 4) is 0 Å². The Labute approximate surface area is 138 Å². The second-order valence-electron chi connectivity index (χ2n) is 7.14. The molecule has 130 valence electrons. The fourth-order valence-electron chi connectivity index (χ4n) is 4.22. The lowest BCUT2D eigenvalue weighted by Gasteiger charge is -2.33. The highest BCUT2D eigenvalue weighted by Crippen LogP contribution is 2.38. The van der Waals surface area contributed by atoms with Gasteiger partial charge in [0.1, 0.15) is 0 Å². The van der Waals surface area contributed by atoms with Crippen LogP contribution in [-0.2, 0) is 9.53 Å². The standard InChI is InChI=1S/C20H38O2/c1-4-10-17-13-15-19(16-14-17)18(5-2)11-8-7-9-12-20(21)22-6-3/h17-19H,4-16H2,1-3H3. The molecule has 0 spiro atoms. The van der Waals surface area contributed by atoms with Gasteiger partial charge in [0.2, 0.25) is 0 Å². The highest BCUT2D eigenvalue weighted by molar-refractivity contribution is 5.69. The fraction of sp³-hybridized carbons (Fsp3) is 0.950. The zero-order chi connectivity index (χ0) is 16.2. The van der Waals surface area contributed by atoms with Crippen molar-refractivity contribution in [1.82, 2.24) is 0 Å². The third kappa shape index (κ3) is 7.65. The molecule has 1 atom stereocenters. The van der Waals surface area contributed by atoms with Gasteiger partial charge in [0, 0.05) is 6.42 Å². The summed E-state index contributed by atoms with van der Waals surface area (Å²) < 4.78 is 4.98. The van der Waals surface area contributed by atoms with E-state index in [9.17, 15) is 4.79 Å². The van der Waals surface area contributed by atoms with Crippen molar-refractivity contribution < 1.29 is 9.53 Å². The van der Waals surface area contributed by atoms with Gasteiger partial charge in [-0.05, 0) is 43.9 Å². The molecule has 0 aromatic carbocycles. The minimum Gasteiger partial charge on any atom is -0.466 e. The second-order valence-corrected chi connectivity index (χ2v) is 7.14. The molecule has 0 amide bonds. The van der Waals surface area contributed by atoms with E-state index < -0.39 is 0 Å². The SMILES string of the molecule is CCCC1CCC(C(CC)CCCCCC(=O)OCC)CC1. The van der Waals surface area contributed by atoms with Crippen LogP contribution in [0.3, 0.4) is 0 Å². The van der Waals surface area contributed by atoms with Crippen molar-refractivity contribution in [3.05, 3.63) is 0 Å². The largest absolute Gasteiger partial charge is 0.466 e. The molecule has 0 radical (unpaired) electrons. The van der Waals surface area contributed by atoms with E-state index in [1.54, 1.807) is 0 Å². The first-order valence-electron chi connectivity index (χ1n) is 9.86. The molecule has 0 bridgehead atoms. The maximum atomic E-state index is 11.3. The second kappa shape index (κ2) is 12.0. The Balaban J connectivity index is 2.13. The molecule has 1 aliphatic carbocycles. The summed E-state index contributed by atoms with van der Waals surface area (Å²) >= 11 is 0. The lowest BCUT2D eigenvalue weighted by Crippen LogP contribution is -2.21. The van der Waals surface area contributed by atoms with Crippen molar-refractivity contribution in [2.45, 2.75) is 97.8 Å². The van der Waals surface area contributed by atoms with Crippen LogP contribution in [0.4, 0.5) is 0 Å². The van der Waals surface area contributed by atoms with E-state index >= 15 is 0 Å². The van der Waals surface area contributed by atoms with E-state index in [-0.39, 0.29) is 5.97 Å². The number of rotatable bonds is 11. The summed E-state index contributed by atoms with van der Waals surface area (Å²) in [5.41, 5.74) is 0. The molecule has 0 N–H and O–H groups in total. The molecule has 22 heavy (non-hydrogen) atoms. The van der Waals surface area contributed by atoms with Gasteiger partial charge in [0.15, 0.2) is 0 Å². The Morgan fingerprint density at radius 3 is 2.36 bits per heavy atom. The van der Waals surface area contributed by atoms with Crippen LogP contribution in [0, 0.1) is 17.8 Å². The summed E-state index contributed by atoms with van der Waals surface area (Å²) in [6.07, 6.45) is 15.4. The third-order valence-electron chi connectivity index (χ3n) is 5.54. The Kier molecular flexibility index (Phi) is 10.6. The first-order valence-corrected chi connectivity index (χ1v) is 9.86. The van der Waals surface area contributed by atoms with E-state index in [1.165, 1.54) is 64.2 Å². The lowest BCUT2D eigenvalue weighted by molar-refractivity contribution is -0.143. The van der Waals surface area contributed by atoms with Crippen molar-refractivity contribution in [2.75, 3.05) is 6.61 Å². The molecule has 1 fully saturated rings. The topological polar surface area (TPSA) is 26.3 Å². The molecule has 2 nitrogen and oxygen atoms in total. The molecule has 2 heteroatoms. The van der Waals surface area contributed by atoms with Gasteiger partial charge in [-0.3, -0.25) is 4.79 Å². The quantitative estimate of drug-likeness (QED) is 0.339. The maximum absolute atomic E-state index is 11.3. The summed E-state index contributed by atoms with van der Waals surface area (Å²) in [6, 6.07) is 0. The molecule has 0 aromatic heterocycles. The lowest BCUT2D eigenvalue weighted by atomic mass is 9.72. The Morgan fingerprint density at radius 1 is 1.05 bits per heavy atom. The molecule has 0 heterocycles. The summed E-state index contributed by atoms with van der Waals surface area (Å²) in [5.74, 6) is 2.89. The summed E-state index contributed by atoms with van der Waals surface area (Å²) in [6.45, 7) is 7.06. The normalized spacial score (nSPS) is 23.2. The number of unbranched alkanes of at least 4 members (excludes halogenated alkanes) is 2. The number of carbonyl (C=O) groups is 1. The van der Waals surface area contributed by atoms with Gasteiger partial charge in [-0.15, -0.1) is 0 Å². The van der Waals surface area contributed by atoms with Crippen LogP contribution in [0.5, 0.6) is 0 Å². The van der Waals surface area contributed by atoms with Gasteiger partial charge >= 0.3 is 5.97 Å². The van der Waals surface area contributed by atoms with Gasteiger partial charge in [0.25, 0.3) is 0 Å². The highest BCUT2D eigenvalue weighted by Gasteiger charge is 2.25. The Hall–Kier alpha value is -0.530. The molecule has 0 aromatic rings. The smallest absolute Gasteiger partial charge is 0.305 e. The number of hydrogen-bond acceptors (Lipinski definition) is 2. The molecular weight excluding hydrogens is 272 g/mol. The van der Waals surface area contributed by atoms with E-state index in [2.05, 4.69) is 13.8 Å². The minimum atomic E-state index is -0.0243. The van der Waals surface area contributed by atoms with Crippen LogP contribution in [0.25, 0.3) is 0 Å². The molecule has 1 unspecified atom stereocenters. The summed E-state index contributed by atoms with van der Waals surface area (Å²) in [5, 5.41) is 0. The molecule has 1 aliphatic rings. The molecule has 0 aliphatic heterocycles. The van der Waals surface area contributed by atoms with Crippen molar-refractivity contribution in [1.29, 1.82) is 0 Å². The van der Waals surface area contributed by atoms with E-state index in [0.717, 1.165) is 24.2 Å². The van der Waals surface area contributed by atoms with Gasteiger partial charge in [-0.2, -0.15) is 0 Å². The fourth-order valence-corrected chi connectivity index (χ4v) is 4.22. The average molecular weight is 311 g/mol. The summed E-state index contributed by atoms with van der Waals surface area (Å²) in [4.78, 5) is 11.3. The van der Waals surface area contributed by atoms with Crippen molar-refractivity contribution in [3.63, 3.8) is 0 Å². The predicted octanol–water partition coefficient (Wildman–Crippen LogP) is 6.13. The predicted molar refractivity (Wildman–Crippen MR) is 93.9 cm³/mol. The van der Waals surface area contributed by atoms with Crippen molar-refractivity contribution in [2.24, 2.45) is 17.8 Å². The Bertz CT molecular complexity index is 279. The number of ether oxygens (including phenoxy) is 1. The third-order valence-corrected chi connectivity index (χ3v) is 5.54. The van der Waals surface area contributed by atoms with Crippen LogP contribution in [0.2, 0.25) is 0 Å². The Morgan fingerprint density at radius 2 is 1.77 bits per heavy atom. The zero-order valence-electron chi connectivity index (χ0n) is 15.2. The molecule has 1 rings (SSSR count). The van der Waals surface area contributed by atoms with Crippen LogP contribution in [0.15, 0.2) is 0 Å². The number of esters is 1. The van der Waals surface area contributed by atoms with Crippen LogP contribution in [0.1, 0.15) is 97.8 Å². The first-order chi connectivity index (χ1) is 10.7. The maximum Gasteiger partial charge on any atom is 0.305 e.